The molecule has 0 spiro atoms. The van der Waals surface area contributed by atoms with Gasteiger partial charge in [-0.2, -0.15) is 0 Å². The Bertz CT molecular complexity index is 583. The molecule has 2 atom stereocenters. The van der Waals surface area contributed by atoms with E-state index in [1.165, 1.54) is 0 Å². The second kappa shape index (κ2) is 7.25. The van der Waals surface area contributed by atoms with Gasteiger partial charge in [-0.15, -0.1) is 0 Å². The molecule has 3 N–H and O–H groups in total. The van der Waals surface area contributed by atoms with Crippen molar-refractivity contribution in [3.8, 4) is 0 Å². The molecule has 2 aromatic carbocycles. The molecule has 0 aliphatic carbocycles. The molecule has 0 heterocycles. The zero-order chi connectivity index (χ0) is 15.2. The van der Waals surface area contributed by atoms with Gasteiger partial charge in [0.15, 0.2) is 0 Å². The largest absolute Gasteiger partial charge is 0.350 e. The van der Waals surface area contributed by atoms with Crippen molar-refractivity contribution in [1.29, 1.82) is 0 Å². The van der Waals surface area contributed by atoms with Crippen LogP contribution in [0.1, 0.15) is 36.6 Å². The highest BCUT2D eigenvalue weighted by Crippen LogP contribution is 2.17. The van der Waals surface area contributed by atoms with E-state index < -0.39 is 0 Å². The number of benzene rings is 2. The van der Waals surface area contributed by atoms with Crippen molar-refractivity contribution in [2.75, 3.05) is 0 Å². The first kappa shape index (κ1) is 15.5. The highest BCUT2D eigenvalue weighted by molar-refractivity contribution is 6.30. The lowest BCUT2D eigenvalue weighted by Gasteiger charge is -2.17. The number of amides is 1. The Balaban J connectivity index is 1.91. The quantitative estimate of drug-likeness (QED) is 0.886. The Morgan fingerprint density at radius 3 is 2.33 bits per heavy atom. The SMILES string of the molecule is C[C@@H](NC(=O)CC(N)c1ccccc1)c1ccc(Cl)cc1. The van der Waals surface area contributed by atoms with Gasteiger partial charge >= 0.3 is 0 Å². The molecule has 110 valence electrons. The first-order valence-corrected chi connectivity index (χ1v) is 7.29. The summed E-state index contributed by atoms with van der Waals surface area (Å²) in [6.45, 7) is 1.94. The molecule has 1 amide bonds. The summed E-state index contributed by atoms with van der Waals surface area (Å²) in [5.41, 5.74) is 8.03. The summed E-state index contributed by atoms with van der Waals surface area (Å²) in [6.07, 6.45) is 0.266. The van der Waals surface area contributed by atoms with Gasteiger partial charge in [-0.25, -0.2) is 0 Å². The van der Waals surface area contributed by atoms with Gasteiger partial charge in [0.25, 0.3) is 0 Å². The monoisotopic (exact) mass is 302 g/mol. The third kappa shape index (κ3) is 4.59. The summed E-state index contributed by atoms with van der Waals surface area (Å²) in [6, 6.07) is 16.7. The van der Waals surface area contributed by atoms with Crippen LogP contribution in [0.2, 0.25) is 5.02 Å². The van der Waals surface area contributed by atoms with Gasteiger partial charge < -0.3 is 11.1 Å². The highest BCUT2D eigenvalue weighted by Gasteiger charge is 2.14. The molecule has 0 saturated heterocycles. The number of hydrogen-bond acceptors (Lipinski definition) is 2. The number of carbonyl (C=O) groups excluding carboxylic acids is 1. The predicted octanol–water partition coefficient (Wildman–Crippen LogP) is 3.61. The van der Waals surface area contributed by atoms with Crippen LogP contribution in [0, 0.1) is 0 Å². The van der Waals surface area contributed by atoms with Gasteiger partial charge in [0, 0.05) is 17.5 Å². The number of hydrogen-bond donors (Lipinski definition) is 2. The lowest BCUT2D eigenvalue weighted by molar-refractivity contribution is -0.122. The van der Waals surface area contributed by atoms with Crippen LogP contribution in [0.5, 0.6) is 0 Å². The minimum atomic E-state index is -0.288. The Hall–Kier alpha value is -1.84. The molecule has 0 bridgehead atoms. The fourth-order valence-corrected chi connectivity index (χ4v) is 2.28. The van der Waals surface area contributed by atoms with Gasteiger partial charge in [-0.05, 0) is 30.2 Å². The summed E-state index contributed by atoms with van der Waals surface area (Å²) in [5, 5.41) is 3.64. The Kier molecular flexibility index (Phi) is 5.37. The van der Waals surface area contributed by atoms with E-state index in [2.05, 4.69) is 5.32 Å². The zero-order valence-corrected chi connectivity index (χ0v) is 12.7. The number of rotatable bonds is 5. The van der Waals surface area contributed by atoms with Gasteiger partial charge in [0.05, 0.1) is 6.04 Å². The van der Waals surface area contributed by atoms with Gasteiger partial charge in [0.2, 0.25) is 5.91 Å². The summed E-state index contributed by atoms with van der Waals surface area (Å²) in [4.78, 5) is 12.1. The van der Waals surface area contributed by atoms with E-state index in [0.29, 0.717) is 5.02 Å². The second-order valence-electron chi connectivity index (χ2n) is 5.06. The predicted molar refractivity (Wildman–Crippen MR) is 86.0 cm³/mol. The van der Waals surface area contributed by atoms with Crippen molar-refractivity contribution >= 4 is 17.5 Å². The molecule has 0 radical (unpaired) electrons. The summed E-state index contributed by atoms with van der Waals surface area (Å²) >= 11 is 5.85. The first-order chi connectivity index (χ1) is 10.1. The standard InChI is InChI=1S/C17H19ClN2O/c1-12(13-7-9-15(18)10-8-13)20-17(21)11-16(19)14-5-3-2-4-6-14/h2-10,12,16H,11,19H2,1H3,(H,20,21)/t12-,16?/m1/s1. The molecule has 0 aliphatic heterocycles. The molecule has 3 nitrogen and oxygen atoms in total. The van der Waals surface area contributed by atoms with Crippen LogP contribution in [0.3, 0.4) is 0 Å². The van der Waals surface area contributed by atoms with Crippen molar-refractivity contribution < 1.29 is 4.79 Å². The number of carbonyl (C=O) groups is 1. The molecule has 2 rings (SSSR count). The van der Waals surface area contributed by atoms with Crippen molar-refractivity contribution in [3.05, 3.63) is 70.7 Å². The van der Waals surface area contributed by atoms with Gasteiger partial charge in [0.1, 0.15) is 0 Å². The van der Waals surface area contributed by atoms with Crippen LogP contribution >= 0.6 is 11.6 Å². The maximum Gasteiger partial charge on any atom is 0.222 e. The first-order valence-electron chi connectivity index (χ1n) is 6.91. The average molecular weight is 303 g/mol. The van der Waals surface area contributed by atoms with Gasteiger partial charge in [-0.3, -0.25) is 4.79 Å². The highest BCUT2D eigenvalue weighted by atomic mass is 35.5. The minimum Gasteiger partial charge on any atom is -0.350 e. The summed E-state index contributed by atoms with van der Waals surface area (Å²) in [7, 11) is 0. The molecule has 2 aromatic rings. The molecule has 1 unspecified atom stereocenters. The minimum absolute atomic E-state index is 0.0613. The Morgan fingerprint density at radius 2 is 1.71 bits per heavy atom. The van der Waals surface area contributed by atoms with Crippen LogP contribution in [-0.2, 0) is 4.79 Å². The summed E-state index contributed by atoms with van der Waals surface area (Å²) < 4.78 is 0. The Labute approximate surface area is 130 Å². The molecule has 21 heavy (non-hydrogen) atoms. The molecular formula is C17H19ClN2O. The fraction of sp³-hybridized carbons (Fsp3) is 0.235. The van der Waals surface area contributed by atoms with E-state index in [1.807, 2.05) is 61.5 Å². The van der Waals surface area contributed by atoms with Crippen molar-refractivity contribution in [2.24, 2.45) is 5.73 Å². The van der Waals surface area contributed by atoms with Crippen molar-refractivity contribution in [1.82, 2.24) is 5.32 Å². The second-order valence-corrected chi connectivity index (χ2v) is 5.50. The number of nitrogens with one attached hydrogen (secondary N) is 1. The smallest absolute Gasteiger partial charge is 0.222 e. The third-order valence-electron chi connectivity index (χ3n) is 3.38. The molecular weight excluding hydrogens is 284 g/mol. The maximum atomic E-state index is 12.1. The molecule has 4 heteroatoms. The lowest BCUT2D eigenvalue weighted by Crippen LogP contribution is -2.29. The van der Waals surface area contributed by atoms with E-state index in [-0.39, 0.29) is 24.4 Å². The molecule has 0 fully saturated rings. The lowest BCUT2D eigenvalue weighted by atomic mass is 10.0. The maximum absolute atomic E-state index is 12.1. The third-order valence-corrected chi connectivity index (χ3v) is 3.63. The van der Waals surface area contributed by atoms with Crippen LogP contribution < -0.4 is 11.1 Å². The van der Waals surface area contributed by atoms with Crippen molar-refractivity contribution in [3.63, 3.8) is 0 Å². The van der Waals surface area contributed by atoms with Crippen LogP contribution in [0.4, 0.5) is 0 Å². The zero-order valence-electron chi connectivity index (χ0n) is 11.9. The van der Waals surface area contributed by atoms with Crippen molar-refractivity contribution in [2.45, 2.75) is 25.4 Å². The van der Waals surface area contributed by atoms with E-state index in [0.717, 1.165) is 11.1 Å². The molecule has 0 aromatic heterocycles. The van der Waals surface area contributed by atoms with Crippen LogP contribution in [0.25, 0.3) is 0 Å². The van der Waals surface area contributed by atoms with E-state index in [1.54, 1.807) is 0 Å². The number of halogens is 1. The topological polar surface area (TPSA) is 55.1 Å². The Morgan fingerprint density at radius 1 is 1.10 bits per heavy atom. The van der Waals surface area contributed by atoms with E-state index in [9.17, 15) is 4.79 Å². The van der Waals surface area contributed by atoms with E-state index >= 15 is 0 Å². The average Bonchev–Trinajstić information content (AvgIpc) is 2.48. The van der Waals surface area contributed by atoms with E-state index in [4.69, 9.17) is 17.3 Å². The molecule has 0 saturated carbocycles. The van der Waals surface area contributed by atoms with Crippen LogP contribution in [-0.4, -0.2) is 5.91 Å². The summed E-state index contributed by atoms with van der Waals surface area (Å²) in [5.74, 6) is -0.0613. The van der Waals surface area contributed by atoms with Gasteiger partial charge in [-0.1, -0.05) is 54.1 Å². The van der Waals surface area contributed by atoms with Crippen LogP contribution in [0.15, 0.2) is 54.6 Å². The number of nitrogens with two attached hydrogens (primary N) is 1. The normalized spacial score (nSPS) is 13.5. The fourth-order valence-electron chi connectivity index (χ4n) is 2.15. The molecule has 0 aliphatic rings.